The van der Waals surface area contributed by atoms with Gasteiger partial charge in [-0.1, -0.05) is 60.1 Å². The van der Waals surface area contributed by atoms with Crippen LogP contribution >= 0.6 is 0 Å². The van der Waals surface area contributed by atoms with E-state index in [4.69, 9.17) is 0 Å². The van der Waals surface area contributed by atoms with Gasteiger partial charge in [0, 0.05) is 11.8 Å². The third-order valence-electron chi connectivity index (χ3n) is 12.6. The molecule has 1 N–H and O–H groups in total. The lowest BCUT2D eigenvalue weighted by molar-refractivity contribution is -0.159. The van der Waals surface area contributed by atoms with Crippen LogP contribution in [0, 0.1) is 50.7 Å². The van der Waals surface area contributed by atoms with Crippen molar-refractivity contribution in [2.45, 2.75) is 119 Å². The first-order valence-corrected chi connectivity index (χ1v) is 13.7. The van der Waals surface area contributed by atoms with Crippen molar-refractivity contribution in [3.05, 3.63) is 11.6 Å². The van der Waals surface area contributed by atoms with Crippen LogP contribution in [0.3, 0.4) is 0 Å². The van der Waals surface area contributed by atoms with E-state index in [0.717, 1.165) is 31.6 Å². The summed E-state index contributed by atoms with van der Waals surface area (Å²) in [6.45, 7) is 16.9. The van der Waals surface area contributed by atoms with Crippen LogP contribution in [-0.2, 0) is 4.79 Å². The summed E-state index contributed by atoms with van der Waals surface area (Å²) in [5.41, 5.74) is 2.58. The van der Waals surface area contributed by atoms with E-state index in [1.807, 2.05) is 0 Å². The number of rotatable bonds is 0. The summed E-state index contributed by atoms with van der Waals surface area (Å²) in [6.07, 6.45) is 14.0. The summed E-state index contributed by atoms with van der Waals surface area (Å²) in [6, 6.07) is 0. The van der Waals surface area contributed by atoms with Gasteiger partial charge < -0.3 is 5.11 Å². The smallest absolute Gasteiger partial charge is 0.138 e. The molecule has 0 aromatic rings. The molecular formula is C30H48O2. The molecule has 8 atom stereocenters. The van der Waals surface area contributed by atoms with Gasteiger partial charge in [0.25, 0.3) is 0 Å². The minimum Gasteiger partial charge on any atom is -0.393 e. The number of allylic oxidation sites excluding steroid dienone is 2. The number of carbonyl (C=O) groups is 1. The zero-order valence-corrected chi connectivity index (χ0v) is 21.9. The van der Waals surface area contributed by atoms with Crippen molar-refractivity contribution >= 4 is 5.78 Å². The first-order valence-electron chi connectivity index (χ1n) is 13.7. The molecule has 32 heavy (non-hydrogen) atoms. The van der Waals surface area contributed by atoms with Crippen LogP contribution in [0.2, 0.25) is 0 Å². The Labute approximate surface area is 197 Å². The van der Waals surface area contributed by atoms with Crippen LogP contribution in [0.15, 0.2) is 11.6 Å². The Morgan fingerprint density at radius 1 is 0.812 bits per heavy atom. The quantitative estimate of drug-likeness (QED) is 0.400. The van der Waals surface area contributed by atoms with Crippen LogP contribution in [0.4, 0.5) is 0 Å². The highest BCUT2D eigenvalue weighted by atomic mass is 16.3. The molecule has 0 saturated heterocycles. The van der Waals surface area contributed by atoms with Gasteiger partial charge in [-0.3, -0.25) is 4.79 Å². The Kier molecular flexibility index (Phi) is 5.03. The Hall–Kier alpha value is -0.630. The summed E-state index contributed by atoms with van der Waals surface area (Å²) in [5, 5.41) is 10.8. The zero-order chi connectivity index (χ0) is 23.3. The fourth-order valence-electron chi connectivity index (χ4n) is 10.8. The topological polar surface area (TPSA) is 37.3 Å². The van der Waals surface area contributed by atoms with Gasteiger partial charge in [0.05, 0.1) is 6.10 Å². The Morgan fingerprint density at radius 3 is 2.25 bits per heavy atom. The minimum absolute atomic E-state index is 0.00280. The first kappa shape index (κ1) is 23.1. The van der Waals surface area contributed by atoms with Crippen molar-refractivity contribution in [1.29, 1.82) is 0 Å². The fraction of sp³-hybridized carbons (Fsp3) is 0.900. The van der Waals surface area contributed by atoms with E-state index in [-0.39, 0.29) is 16.9 Å². The van der Waals surface area contributed by atoms with Gasteiger partial charge in [-0.15, -0.1) is 0 Å². The van der Waals surface area contributed by atoms with Crippen LogP contribution in [0.5, 0.6) is 0 Å². The molecule has 5 aliphatic carbocycles. The maximum atomic E-state index is 12.9. The molecule has 0 spiro atoms. The fourth-order valence-corrected chi connectivity index (χ4v) is 10.8. The third kappa shape index (κ3) is 2.89. The molecule has 4 fully saturated rings. The summed E-state index contributed by atoms with van der Waals surface area (Å²) >= 11 is 0. The number of aliphatic hydroxyl groups is 1. The van der Waals surface area contributed by atoms with Gasteiger partial charge in [0.1, 0.15) is 5.78 Å². The molecule has 0 aromatic carbocycles. The molecule has 0 aromatic heterocycles. The van der Waals surface area contributed by atoms with Gasteiger partial charge in [-0.05, 0) is 103 Å². The number of ketones is 1. The molecule has 5 aliphatic rings. The average Bonchev–Trinajstić information content (AvgIpc) is 2.86. The maximum Gasteiger partial charge on any atom is 0.138 e. The minimum atomic E-state index is -0.164. The van der Waals surface area contributed by atoms with Gasteiger partial charge in [0.15, 0.2) is 0 Å². The highest BCUT2D eigenvalue weighted by molar-refractivity contribution is 5.85. The number of hydrogen-bond donors (Lipinski definition) is 1. The van der Waals surface area contributed by atoms with Gasteiger partial charge in [-0.2, -0.15) is 0 Å². The van der Waals surface area contributed by atoms with Crippen LogP contribution in [0.1, 0.15) is 113 Å². The van der Waals surface area contributed by atoms with E-state index >= 15 is 0 Å². The van der Waals surface area contributed by atoms with Crippen LogP contribution in [0.25, 0.3) is 0 Å². The van der Waals surface area contributed by atoms with Crippen molar-refractivity contribution in [3.8, 4) is 0 Å². The number of hydrogen-bond acceptors (Lipinski definition) is 2. The van der Waals surface area contributed by atoms with Crippen molar-refractivity contribution in [3.63, 3.8) is 0 Å². The predicted octanol–water partition coefficient (Wildman–Crippen LogP) is 7.35. The predicted molar refractivity (Wildman–Crippen MR) is 131 cm³/mol. The SMILES string of the molecule is CC1(C)C(=O)CC[C@@]2(C)[C@H]1CC[C@@]1(C)CC3=CC[C@H]4C(C)(C)[C@H](O)CC[C@]4(C)[C@H]3CC[C@@H]12. The third-order valence-corrected chi connectivity index (χ3v) is 12.6. The molecule has 180 valence electrons. The molecule has 2 heteroatoms. The highest BCUT2D eigenvalue weighted by Gasteiger charge is 2.63. The van der Waals surface area contributed by atoms with Gasteiger partial charge in [-0.25, -0.2) is 0 Å². The second-order valence-electron chi connectivity index (χ2n) is 14.7. The maximum absolute atomic E-state index is 12.9. The number of fused-ring (bicyclic) bond motifs is 6. The van der Waals surface area contributed by atoms with E-state index in [0.29, 0.717) is 39.8 Å². The Balaban J connectivity index is 1.51. The van der Waals surface area contributed by atoms with Crippen molar-refractivity contribution < 1.29 is 9.90 Å². The van der Waals surface area contributed by atoms with Crippen molar-refractivity contribution in [2.24, 2.45) is 50.7 Å². The lowest BCUT2D eigenvalue weighted by atomic mass is 9.42. The normalized spacial score (nSPS) is 51.9. The summed E-state index contributed by atoms with van der Waals surface area (Å²) in [7, 11) is 0. The van der Waals surface area contributed by atoms with Crippen LogP contribution < -0.4 is 0 Å². The monoisotopic (exact) mass is 440 g/mol. The largest absolute Gasteiger partial charge is 0.393 e. The zero-order valence-electron chi connectivity index (χ0n) is 21.9. The highest BCUT2D eigenvalue weighted by Crippen LogP contribution is 2.69. The summed E-state index contributed by atoms with van der Waals surface area (Å²) in [5.74, 6) is 3.02. The lowest BCUT2D eigenvalue weighted by Gasteiger charge is -2.62. The Morgan fingerprint density at radius 2 is 1.53 bits per heavy atom. The molecule has 0 aliphatic heterocycles. The molecule has 4 saturated carbocycles. The summed E-state index contributed by atoms with van der Waals surface area (Å²) in [4.78, 5) is 12.9. The van der Waals surface area contributed by atoms with Gasteiger partial charge >= 0.3 is 0 Å². The second-order valence-corrected chi connectivity index (χ2v) is 14.7. The van der Waals surface area contributed by atoms with Gasteiger partial charge in [0.2, 0.25) is 0 Å². The van der Waals surface area contributed by atoms with E-state index in [1.165, 1.54) is 38.5 Å². The summed E-state index contributed by atoms with van der Waals surface area (Å²) < 4.78 is 0. The van der Waals surface area contributed by atoms with E-state index in [9.17, 15) is 9.90 Å². The Bertz CT molecular complexity index is 836. The molecule has 0 unspecified atom stereocenters. The molecule has 2 nitrogen and oxygen atoms in total. The average molecular weight is 441 g/mol. The van der Waals surface area contributed by atoms with E-state index in [2.05, 4.69) is 54.5 Å². The van der Waals surface area contributed by atoms with Crippen molar-refractivity contribution in [1.82, 2.24) is 0 Å². The molecule has 5 rings (SSSR count). The molecular weight excluding hydrogens is 392 g/mol. The van der Waals surface area contributed by atoms with E-state index in [1.54, 1.807) is 5.57 Å². The molecule has 0 radical (unpaired) electrons. The van der Waals surface area contributed by atoms with Crippen LogP contribution in [-0.4, -0.2) is 17.0 Å². The van der Waals surface area contributed by atoms with Crippen molar-refractivity contribution in [2.75, 3.05) is 0 Å². The number of carbonyl (C=O) groups excluding carboxylic acids is 1. The molecule has 0 bridgehead atoms. The standard InChI is InChI=1S/C30H48O2/c1-26(2)21-10-8-19-18-28(5)15-12-22-27(3,4)25(32)14-17-30(22,7)23(28)11-9-20(19)29(21,6)16-13-24(26)31/h8,20-24,31H,9-18H2,1-7H3/t20-,21-,22-,23-,24+,28-,29+,30-/m0/s1. The number of Topliss-reactive ketones (excluding diaryl/α,β-unsaturated/α-hetero) is 1. The number of aliphatic hydroxyl groups excluding tert-OH is 1. The van der Waals surface area contributed by atoms with E-state index < -0.39 is 0 Å². The molecule has 0 amide bonds. The second kappa shape index (κ2) is 6.96. The molecule has 0 heterocycles. The first-order chi connectivity index (χ1) is 14.8. The lowest BCUT2D eigenvalue weighted by Crippen LogP contribution is -2.57.